The van der Waals surface area contributed by atoms with E-state index in [4.69, 9.17) is 9.84 Å². The average molecular weight is 276 g/mol. The molecule has 1 atom stereocenters. The standard InChI is InChI=1S/C15H20N2O3/c1-3-20-11-12(2)17-15(19)14-7-8-16-10-13(14)6-4-5-9-18/h7-8,10,12,18H,3,5,9,11H2,1-2H3,(H,17,19). The van der Waals surface area contributed by atoms with Gasteiger partial charge in [-0.15, -0.1) is 0 Å². The number of ether oxygens (including phenoxy) is 1. The molecule has 0 radical (unpaired) electrons. The van der Waals surface area contributed by atoms with E-state index in [1.54, 1.807) is 18.5 Å². The third-order valence-corrected chi connectivity index (χ3v) is 2.48. The molecular weight excluding hydrogens is 256 g/mol. The second-order valence-corrected chi connectivity index (χ2v) is 4.23. The van der Waals surface area contributed by atoms with E-state index in [1.165, 1.54) is 0 Å². The van der Waals surface area contributed by atoms with Crippen molar-refractivity contribution in [2.24, 2.45) is 0 Å². The summed E-state index contributed by atoms with van der Waals surface area (Å²) in [5.74, 6) is 5.44. The molecule has 108 valence electrons. The highest BCUT2D eigenvalue weighted by Crippen LogP contribution is 2.06. The first-order valence-corrected chi connectivity index (χ1v) is 6.61. The van der Waals surface area contributed by atoms with Crippen molar-refractivity contribution in [2.75, 3.05) is 19.8 Å². The van der Waals surface area contributed by atoms with E-state index in [0.717, 1.165) is 0 Å². The van der Waals surface area contributed by atoms with Gasteiger partial charge in [-0.3, -0.25) is 9.78 Å². The van der Waals surface area contributed by atoms with Crippen LogP contribution < -0.4 is 5.32 Å². The van der Waals surface area contributed by atoms with Crippen molar-refractivity contribution in [1.29, 1.82) is 0 Å². The van der Waals surface area contributed by atoms with E-state index in [2.05, 4.69) is 22.1 Å². The van der Waals surface area contributed by atoms with Gasteiger partial charge in [0.1, 0.15) is 0 Å². The molecule has 0 aliphatic carbocycles. The summed E-state index contributed by atoms with van der Waals surface area (Å²) in [5.41, 5.74) is 1.04. The molecule has 1 aromatic rings. The smallest absolute Gasteiger partial charge is 0.252 e. The largest absolute Gasteiger partial charge is 0.395 e. The topological polar surface area (TPSA) is 71.5 Å². The Kier molecular flexibility index (Phi) is 7.33. The van der Waals surface area contributed by atoms with Crippen molar-refractivity contribution in [3.63, 3.8) is 0 Å². The zero-order chi connectivity index (χ0) is 14.8. The summed E-state index contributed by atoms with van der Waals surface area (Å²) in [6.45, 7) is 4.88. The van der Waals surface area contributed by atoms with Crippen molar-refractivity contribution in [3.8, 4) is 11.8 Å². The Hall–Kier alpha value is -1.90. The molecule has 0 saturated heterocycles. The number of amides is 1. The monoisotopic (exact) mass is 276 g/mol. The van der Waals surface area contributed by atoms with Gasteiger partial charge >= 0.3 is 0 Å². The normalized spacial score (nSPS) is 11.3. The first-order chi connectivity index (χ1) is 9.69. The number of hydrogen-bond acceptors (Lipinski definition) is 4. The minimum absolute atomic E-state index is 0.000181. The lowest BCUT2D eigenvalue weighted by Crippen LogP contribution is -2.36. The Morgan fingerprint density at radius 3 is 3.10 bits per heavy atom. The summed E-state index contributed by atoms with van der Waals surface area (Å²) < 4.78 is 5.26. The maximum atomic E-state index is 12.2. The van der Waals surface area contributed by atoms with Gasteiger partial charge in [0.05, 0.1) is 24.3 Å². The van der Waals surface area contributed by atoms with E-state index < -0.39 is 0 Å². The van der Waals surface area contributed by atoms with Crippen molar-refractivity contribution < 1.29 is 14.6 Å². The van der Waals surface area contributed by atoms with E-state index in [9.17, 15) is 4.79 Å². The number of aliphatic hydroxyl groups excluding tert-OH is 1. The number of aromatic nitrogens is 1. The quantitative estimate of drug-likeness (QED) is 0.760. The van der Waals surface area contributed by atoms with Crippen molar-refractivity contribution in [3.05, 3.63) is 29.6 Å². The molecule has 0 bridgehead atoms. The maximum absolute atomic E-state index is 12.2. The van der Waals surface area contributed by atoms with Gasteiger partial charge in [0.2, 0.25) is 0 Å². The molecule has 0 aliphatic rings. The van der Waals surface area contributed by atoms with Crippen LogP contribution in [0.15, 0.2) is 18.5 Å². The summed E-state index contributed by atoms with van der Waals surface area (Å²) >= 11 is 0. The molecule has 1 unspecified atom stereocenters. The van der Waals surface area contributed by atoms with Crippen LogP contribution in [0.25, 0.3) is 0 Å². The number of carbonyl (C=O) groups is 1. The van der Waals surface area contributed by atoms with Crippen LogP contribution in [0.1, 0.15) is 36.2 Å². The molecule has 0 saturated carbocycles. The first-order valence-electron chi connectivity index (χ1n) is 6.61. The number of nitrogens with one attached hydrogen (secondary N) is 1. The second kappa shape index (κ2) is 9.08. The van der Waals surface area contributed by atoms with Crippen molar-refractivity contribution in [2.45, 2.75) is 26.3 Å². The molecule has 0 aliphatic heterocycles. The van der Waals surface area contributed by atoms with Crippen LogP contribution in [0.3, 0.4) is 0 Å². The summed E-state index contributed by atoms with van der Waals surface area (Å²) in [6.07, 6.45) is 3.47. The molecule has 1 amide bonds. The average Bonchev–Trinajstić information content (AvgIpc) is 2.46. The zero-order valence-electron chi connectivity index (χ0n) is 11.8. The predicted octanol–water partition coefficient (Wildman–Crippen LogP) is 0.970. The Morgan fingerprint density at radius 1 is 1.60 bits per heavy atom. The molecule has 2 N–H and O–H groups in total. The predicted molar refractivity (Wildman–Crippen MR) is 76.2 cm³/mol. The molecule has 1 heterocycles. The van der Waals surface area contributed by atoms with Crippen LogP contribution in [0.2, 0.25) is 0 Å². The minimum atomic E-state index is -0.201. The highest BCUT2D eigenvalue weighted by Gasteiger charge is 2.12. The maximum Gasteiger partial charge on any atom is 0.252 e. The van der Waals surface area contributed by atoms with E-state index in [0.29, 0.717) is 30.8 Å². The molecule has 0 spiro atoms. The summed E-state index contributed by atoms with van der Waals surface area (Å²) in [5, 5.41) is 11.6. The zero-order valence-corrected chi connectivity index (χ0v) is 11.8. The third-order valence-electron chi connectivity index (χ3n) is 2.48. The van der Waals surface area contributed by atoms with Crippen LogP contribution >= 0.6 is 0 Å². The van der Waals surface area contributed by atoms with Crippen LogP contribution in [-0.4, -0.2) is 41.9 Å². The first kappa shape index (κ1) is 16.2. The van der Waals surface area contributed by atoms with Gasteiger partial charge in [-0.1, -0.05) is 11.8 Å². The second-order valence-electron chi connectivity index (χ2n) is 4.23. The Balaban J connectivity index is 2.75. The highest BCUT2D eigenvalue weighted by atomic mass is 16.5. The summed E-state index contributed by atoms with van der Waals surface area (Å²) in [4.78, 5) is 16.1. The van der Waals surface area contributed by atoms with Crippen LogP contribution in [0, 0.1) is 11.8 Å². The van der Waals surface area contributed by atoms with Gasteiger partial charge in [0, 0.05) is 31.5 Å². The Bertz CT molecular complexity index is 491. The number of nitrogens with zero attached hydrogens (tertiary/aromatic N) is 1. The SMILES string of the molecule is CCOCC(C)NC(=O)c1ccncc1C#CCCO. The molecule has 20 heavy (non-hydrogen) atoms. The van der Waals surface area contributed by atoms with Crippen molar-refractivity contribution in [1.82, 2.24) is 10.3 Å². The lowest BCUT2D eigenvalue weighted by Gasteiger charge is -2.14. The minimum Gasteiger partial charge on any atom is -0.395 e. The molecule has 1 rings (SSSR count). The van der Waals surface area contributed by atoms with E-state index in [1.807, 2.05) is 13.8 Å². The van der Waals surface area contributed by atoms with Crippen LogP contribution in [0.5, 0.6) is 0 Å². The number of hydrogen-bond donors (Lipinski definition) is 2. The fraction of sp³-hybridized carbons (Fsp3) is 0.467. The molecule has 1 aromatic heterocycles. The lowest BCUT2D eigenvalue weighted by atomic mass is 10.1. The van der Waals surface area contributed by atoms with E-state index in [-0.39, 0.29) is 18.6 Å². The van der Waals surface area contributed by atoms with Gasteiger partial charge < -0.3 is 15.2 Å². The Morgan fingerprint density at radius 2 is 2.40 bits per heavy atom. The molecule has 5 nitrogen and oxygen atoms in total. The number of carbonyl (C=O) groups excluding carboxylic acids is 1. The third kappa shape index (κ3) is 5.39. The van der Waals surface area contributed by atoms with Gasteiger partial charge in [0.15, 0.2) is 0 Å². The highest BCUT2D eigenvalue weighted by molar-refractivity contribution is 5.96. The molecule has 5 heteroatoms. The van der Waals surface area contributed by atoms with Gasteiger partial charge in [-0.25, -0.2) is 0 Å². The van der Waals surface area contributed by atoms with Gasteiger partial charge in [0.25, 0.3) is 5.91 Å². The number of rotatable bonds is 6. The molecule has 0 aromatic carbocycles. The van der Waals surface area contributed by atoms with Gasteiger partial charge in [-0.05, 0) is 19.9 Å². The fourth-order valence-electron chi connectivity index (χ4n) is 1.54. The summed E-state index contributed by atoms with van der Waals surface area (Å²) in [6, 6.07) is 1.56. The fourth-order valence-corrected chi connectivity index (χ4v) is 1.54. The lowest BCUT2D eigenvalue weighted by molar-refractivity contribution is 0.0871. The molecule has 0 fully saturated rings. The van der Waals surface area contributed by atoms with E-state index >= 15 is 0 Å². The Labute approximate surface area is 119 Å². The van der Waals surface area contributed by atoms with Gasteiger partial charge in [-0.2, -0.15) is 0 Å². The summed E-state index contributed by atoms with van der Waals surface area (Å²) in [7, 11) is 0. The molecular formula is C15H20N2O3. The van der Waals surface area contributed by atoms with Crippen molar-refractivity contribution >= 4 is 5.91 Å². The number of pyridine rings is 1. The van der Waals surface area contributed by atoms with Crippen LogP contribution in [0.4, 0.5) is 0 Å². The number of aliphatic hydroxyl groups is 1. The van der Waals surface area contributed by atoms with Crippen LogP contribution in [-0.2, 0) is 4.74 Å².